The van der Waals surface area contributed by atoms with Crippen molar-refractivity contribution in [1.82, 2.24) is 0 Å². The second-order valence-electron chi connectivity index (χ2n) is 9.37. The van der Waals surface area contributed by atoms with Crippen LogP contribution in [-0.4, -0.2) is 31.1 Å². The van der Waals surface area contributed by atoms with Gasteiger partial charge < -0.3 is 24.1 Å². The Hall–Kier alpha value is -3.58. The number of rotatable bonds is 10. The van der Waals surface area contributed by atoms with Gasteiger partial charge >= 0.3 is 5.97 Å². The number of halogens is 1. The lowest BCUT2D eigenvalue weighted by molar-refractivity contribution is -0.141. The number of ether oxygens (including phenoxy) is 4. The van der Waals surface area contributed by atoms with Gasteiger partial charge in [-0.3, -0.25) is 4.79 Å². The summed E-state index contributed by atoms with van der Waals surface area (Å²) in [5, 5.41) is 9.35. The van der Waals surface area contributed by atoms with E-state index in [1.165, 1.54) is 6.07 Å². The smallest absolute Gasteiger partial charge is 0.306 e. The Morgan fingerprint density at radius 2 is 1.89 bits per heavy atom. The molecule has 7 heteroatoms. The maximum atomic E-state index is 14.8. The molecule has 1 aliphatic rings. The topological polar surface area (TPSA) is 74.2 Å². The molecule has 0 aliphatic carbocycles. The highest BCUT2D eigenvalue weighted by molar-refractivity contribution is 5.73. The Labute approximate surface area is 216 Å². The number of carboxylic acid groups (broad SMARTS) is 1. The van der Waals surface area contributed by atoms with Gasteiger partial charge in [-0.15, -0.1) is 0 Å². The van der Waals surface area contributed by atoms with Crippen LogP contribution in [0.4, 0.5) is 4.39 Å². The van der Waals surface area contributed by atoms with Crippen LogP contribution < -0.4 is 14.2 Å². The van der Waals surface area contributed by atoms with Crippen molar-refractivity contribution in [1.29, 1.82) is 0 Å². The highest BCUT2D eigenvalue weighted by Crippen LogP contribution is 2.37. The number of hydrogen-bond donors (Lipinski definition) is 1. The molecule has 37 heavy (non-hydrogen) atoms. The molecule has 0 radical (unpaired) electrons. The van der Waals surface area contributed by atoms with Gasteiger partial charge in [0, 0.05) is 17.5 Å². The van der Waals surface area contributed by atoms with E-state index in [9.17, 15) is 14.3 Å². The van der Waals surface area contributed by atoms with Gasteiger partial charge in [-0.25, -0.2) is 4.39 Å². The van der Waals surface area contributed by atoms with Crippen LogP contribution in [0.3, 0.4) is 0 Å². The molecule has 1 saturated heterocycles. The van der Waals surface area contributed by atoms with E-state index in [0.29, 0.717) is 35.0 Å². The van der Waals surface area contributed by atoms with Crippen LogP contribution in [0.15, 0.2) is 60.7 Å². The first-order valence-electron chi connectivity index (χ1n) is 12.6. The van der Waals surface area contributed by atoms with E-state index >= 15 is 0 Å². The Bertz CT molecular complexity index is 1220. The van der Waals surface area contributed by atoms with E-state index in [1.807, 2.05) is 49.4 Å². The zero-order chi connectivity index (χ0) is 26.4. The van der Waals surface area contributed by atoms with E-state index in [1.54, 1.807) is 26.2 Å². The van der Waals surface area contributed by atoms with Crippen molar-refractivity contribution in [3.8, 4) is 28.4 Å². The SMILES string of the molecule is COc1ccc(F)c(-c2ccc(COc3cccc([C@H](C)C(C)C(=O)O)c3)cc2OC2CCCCO2)c1. The summed E-state index contributed by atoms with van der Waals surface area (Å²) in [6.07, 6.45) is 2.37. The molecule has 3 aromatic rings. The molecule has 0 amide bonds. The molecule has 1 N–H and O–H groups in total. The third-order valence-electron chi connectivity index (χ3n) is 6.83. The van der Waals surface area contributed by atoms with Crippen LogP contribution >= 0.6 is 0 Å². The lowest BCUT2D eigenvalue weighted by atomic mass is 9.89. The largest absolute Gasteiger partial charge is 0.497 e. The van der Waals surface area contributed by atoms with E-state index < -0.39 is 18.2 Å². The number of aliphatic carboxylic acids is 1. The van der Waals surface area contributed by atoms with Gasteiger partial charge in [0.05, 0.1) is 19.6 Å². The summed E-state index contributed by atoms with van der Waals surface area (Å²) in [5.41, 5.74) is 2.73. The lowest BCUT2D eigenvalue weighted by Crippen LogP contribution is -2.25. The normalized spacial score (nSPS) is 17.0. The zero-order valence-corrected chi connectivity index (χ0v) is 21.4. The molecule has 0 spiro atoms. The summed E-state index contributed by atoms with van der Waals surface area (Å²) < 4.78 is 38.2. The van der Waals surface area contributed by atoms with Crippen LogP contribution in [0.2, 0.25) is 0 Å². The fourth-order valence-electron chi connectivity index (χ4n) is 4.32. The number of hydrogen-bond acceptors (Lipinski definition) is 5. The van der Waals surface area contributed by atoms with Crippen LogP contribution in [0.25, 0.3) is 11.1 Å². The minimum absolute atomic E-state index is 0.159. The first kappa shape index (κ1) is 26.5. The minimum Gasteiger partial charge on any atom is -0.497 e. The van der Waals surface area contributed by atoms with Crippen molar-refractivity contribution in [3.63, 3.8) is 0 Å². The highest BCUT2D eigenvalue weighted by Gasteiger charge is 2.22. The Balaban J connectivity index is 1.58. The Kier molecular flexibility index (Phi) is 8.66. The molecular weight excluding hydrogens is 475 g/mol. The van der Waals surface area contributed by atoms with Crippen LogP contribution in [0, 0.1) is 11.7 Å². The zero-order valence-electron chi connectivity index (χ0n) is 21.4. The predicted octanol–water partition coefficient (Wildman–Crippen LogP) is 6.81. The van der Waals surface area contributed by atoms with E-state index in [4.69, 9.17) is 18.9 Å². The van der Waals surface area contributed by atoms with Gasteiger partial charge in [-0.05, 0) is 66.3 Å². The fourth-order valence-corrected chi connectivity index (χ4v) is 4.32. The number of carboxylic acids is 1. The molecule has 6 nitrogen and oxygen atoms in total. The molecule has 1 aliphatic heterocycles. The summed E-state index contributed by atoms with van der Waals surface area (Å²) in [7, 11) is 1.54. The molecule has 3 aromatic carbocycles. The molecule has 0 saturated carbocycles. The lowest BCUT2D eigenvalue weighted by Gasteiger charge is -2.25. The molecule has 196 valence electrons. The van der Waals surface area contributed by atoms with Gasteiger partial charge in [-0.2, -0.15) is 0 Å². The predicted molar refractivity (Wildman–Crippen MR) is 139 cm³/mol. The summed E-state index contributed by atoms with van der Waals surface area (Å²) in [6.45, 7) is 4.48. The van der Waals surface area contributed by atoms with Gasteiger partial charge in [0.15, 0.2) is 6.29 Å². The van der Waals surface area contributed by atoms with Crippen molar-refractivity contribution >= 4 is 5.97 Å². The monoisotopic (exact) mass is 508 g/mol. The highest BCUT2D eigenvalue weighted by atomic mass is 19.1. The third kappa shape index (κ3) is 6.60. The second kappa shape index (κ2) is 12.1. The van der Waals surface area contributed by atoms with E-state index in [-0.39, 0.29) is 18.3 Å². The maximum Gasteiger partial charge on any atom is 0.306 e. The van der Waals surface area contributed by atoms with Crippen molar-refractivity contribution in [3.05, 3.63) is 77.6 Å². The fraction of sp³-hybridized carbons (Fsp3) is 0.367. The summed E-state index contributed by atoms with van der Waals surface area (Å²) in [6, 6.07) is 17.6. The van der Waals surface area contributed by atoms with Crippen molar-refractivity contribution < 1.29 is 33.2 Å². The summed E-state index contributed by atoms with van der Waals surface area (Å²) in [5.74, 6) is -0.174. The van der Waals surface area contributed by atoms with Crippen molar-refractivity contribution in [2.45, 2.75) is 51.9 Å². The number of benzene rings is 3. The molecular formula is C30H33FO6. The Morgan fingerprint density at radius 3 is 2.62 bits per heavy atom. The molecule has 2 unspecified atom stereocenters. The average molecular weight is 509 g/mol. The molecule has 1 heterocycles. The van der Waals surface area contributed by atoms with Crippen LogP contribution in [0.5, 0.6) is 17.2 Å². The first-order chi connectivity index (χ1) is 17.9. The summed E-state index contributed by atoms with van der Waals surface area (Å²) >= 11 is 0. The van der Waals surface area contributed by atoms with Crippen LogP contribution in [-0.2, 0) is 16.1 Å². The van der Waals surface area contributed by atoms with Gasteiger partial charge in [0.1, 0.15) is 29.7 Å². The first-order valence-corrected chi connectivity index (χ1v) is 12.6. The third-order valence-corrected chi connectivity index (χ3v) is 6.83. The number of methoxy groups -OCH3 is 1. The van der Waals surface area contributed by atoms with Gasteiger partial charge in [0.25, 0.3) is 0 Å². The summed E-state index contributed by atoms with van der Waals surface area (Å²) in [4.78, 5) is 11.4. The van der Waals surface area contributed by atoms with Crippen LogP contribution in [0.1, 0.15) is 50.2 Å². The molecule has 0 aromatic heterocycles. The molecule has 0 bridgehead atoms. The molecule has 3 atom stereocenters. The molecule has 4 rings (SSSR count). The van der Waals surface area contributed by atoms with Gasteiger partial charge in [0.2, 0.25) is 0 Å². The molecule has 1 fully saturated rings. The van der Waals surface area contributed by atoms with Crippen molar-refractivity contribution in [2.24, 2.45) is 5.92 Å². The van der Waals surface area contributed by atoms with E-state index in [2.05, 4.69) is 0 Å². The number of carbonyl (C=O) groups is 1. The van der Waals surface area contributed by atoms with E-state index in [0.717, 1.165) is 30.4 Å². The average Bonchev–Trinajstić information content (AvgIpc) is 2.92. The van der Waals surface area contributed by atoms with Crippen molar-refractivity contribution in [2.75, 3.05) is 13.7 Å². The minimum atomic E-state index is -0.833. The second-order valence-corrected chi connectivity index (χ2v) is 9.37. The standard InChI is InChI=1S/C30H33FO6/c1-19(20(2)30(32)33)22-7-6-8-24(16-22)36-18-21-10-12-25(26-17-23(34-3)11-13-27(26)31)28(15-21)37-29-9-4-5-14-35-29/h6-8,10-13,15-17,19-20,29H,4-5,9,14,18H2,1-3H3,(H,32,33)/t19-,20?,29?/m1/s1. The maximum absolute atomic E-state index is 14.8. The quantitative estimate of drug-likeness (QED) is 0.324. The van der Waals surface area contributed by atoms with Gasteiger partial charge in [-0.1, -0.05) is 38.1 Å². The Morgan fingerprint density at radius 1 is 1.05 bits per heavy atom.